The molecule has 1 heterocycles. The Hall–Kier alpha value is -2.97. The van der Waals surface area contributed by atoms with Crippen molar-refractivity contribution in [2.75, 3.05) is 18.6 Å². The second-order valence-electron chi connectivity index (χ2n) is 6.81. The zero-order chi connectivity index (χ0) is 19.8. The van der Waals surface area contributed by atoms with Crippen molar-refractivity contribution in [1.29, 1.82) is 0 Å². The molecule has 1 fully saturated rings. The smallest absolute Gasteiger partial charge is 0.322 e. The summed E-state index contributed by atoms with van der Waals surface area (Å²) < 4.78 is 31.6. The van der Waals surface area contributed by atoms with Crippen molar-refractivity contribution in [3.8, 4) is 0 Å². The van der Waals surface area contributed by atoms with Gasteiger partial charge in [0, 0.05) is 12.1 Å². The predicted octanol–water partition coefficient (Wildman–Crippen LogP) is 1.49. The Balaban J connectivity index is 1.68. The van der Waals surface area contributed by atoms with Gasteiger partial charge in [-0.1, -0.05) is 12.2 Å². The molecule has 7 nitrogen and oxygen atoms in total. The highest BCUT2D eigenvalue weighted by atomic mass is 19.1. The Morgan fingerprint density at radius 3 is 2.56 bits per heavy atom. The summed E-state index contributed by atoms with van der Waals surface area (Å²) in [6.45, 7) is 1.42. The average molecular weight is 379 g/mol. The van der Waals surface area contributed by atoms with Gasteiger partial charge in [0.1, 0.15) is 17.2 Å². The Morgan fingerprint density at radius 1 is 1.26 bits per heavy atom. The molecule has 1 aromatic rings. The van der Waals surface area contributed by atoms with E-state index in [1.54, 1.807) is 12.2 Å². The molecular weight excluding hydrogens is 360 g/mol. The van der Waals surface area contributed by atoms with Crippen LogP contribution in [0.3, 0.4) is 0 Å². The van der Waals surface area contributed by atoms with E-state index in [9.17, 15) is 23.2 Å². The quantitative estimate of drug-likeness (QED) is 0.613. The zero-order valence-corrected chi connectivity index (χ0v) is 14.8. The summed E-state index contributed by atoms with van der Waals surface area (Å²) in [5.41, 5.74) is -1.27. The van der Waals surface area contributed by atoms with Gasteiger partial charge < -0.3 is 15.4 Å². The molecule has 3 rings (SSSR count). The van der Waals surface area contributed by atoms with Gasteiger partial charge in [-0.3, -0.25) is 14.5 Å². The van der Waals surface area contributed by atoms with Crippen molar-refractivity contribution in [2.45, 2.75) is 24.9 Å². The molecule has 27 heavy (non-hydrogen) atoms. The monoisotopic (exact) mass is 379 g/mol. The van der Waals surface area contributed by atoms with Crippen LogP contribution >= 0.6 is 0 Å². The van der Waals surface area contributed by atoms with E-state index in [2.05, 4.69) is 15.4 Å². The van der Waals surface area contributed by atoms with Crippen molar-refractivity contribution >= 4 is 23.6 Å². The molecule has 0 spiro atoms. The minimum absolute atomic E-state index is 0.0213. The van der Waals surface area contributed by atoms with Crippen LogP contribution in [0.15, 0.2) is 30.4 Å². The lowest BCUT2D eigenvalue weighted by molar-refractivity contribution is -0.144. The Morgan fingerprint density at radius 2 is 1.93 bits per heavy atom. The standard InChI is InChI=1S/C18H19F2N3O4/c1-18(16(25)21-13-4-3-10(5-13)15(24)27-2)9-23(17(26)22-18)14-7-11(19)6-12(20)8-14/h3-4,6-8,10,13H,5,9H2,1-2H3,(H,21,25)(H,22,26)/t10-,13+,18?/m1/s1. The molecule has 2 N–H and O–H groups in total. The van der Waals surface area contributed by atoms with Crippen LogP contribution < -0.4 is 15.5 Å². The molecule has 0 bridgehead atoms. The van der Waals surface area contributed by atoms with E-state index in [1.807, 2.05) is 0 Å². The number of rotatable bonds is 4. The summed E-state index contributed by atoms with van der Waals surface area (Å²) in [5, 5.41) is 5.31. The topological polar surface area (TPSA) is 87.7 Å². The van der Waals surface area contributed by atoms with E-state index in [0.29, 0.717) is 12.5 Å². The molecule has 1 aromatic carbocycles. The van der Waals surface area contributed by atoms with Gasteiger partial charge in [0.25, 0.3) is 0 Å². The summed E-state index contributed by atoms with van der Waals surface area (Å²) in [6, 6.07) is 1.73. The van der Waals surface area contributed by atoms with Crippen molar-refractivity contribution in [2.24, 2.45) is 5.92 Å². The van der Waals surface area contributed by atoms with Gasteiger partial charge in [-0.2, -0.15) is 0 Å². The first kappa shape index (κ1) is 18.8. The van der Waals surface area contributed by atoms with Crippen molar-refractivity contribution in [3.05, 3.63) is 42.0 Å². The van der Waals surface area contributed by atoms with E-state index in [1.165, 1.54) is 14.0 Å². The Bertz CT molecular complexity index is 809. The number of anilines is 1. The van der Waals surface area contributed by atoms with Crippen LogP contribution in [-0.2, 0) is 14.3 Å². The van der Waals surface area contributed by atoms with Gasteiger partial charge in [-0.25, -0.2) is 13.6 Å². The number of nitrogens with zero attached hydrogens (tertiary/aromatic N) is 1. The molecule has 1 saturated heterocycles. The van der Waals surface area contributed by atoms with Gasteiger partial charge in [0.15, 0.2) is 0 Å². The zero-order valence-electron chi connectivity index (χ0n) is 14.8. The maximum absolute atomic E-state index is 13.4. The third-order valence-electron chi connectivity index (χ3n) is 4.67. The average Bonchev–Trinajstić information content (AvgIpc) is 3.18. The number of urea groups is 1. The number of nitrogens with one attached hydrogen (secondary N) is 2. The highest BCUT2D eigenvalue weighted by Gasteiger charge is 2.46. The van der Waals surface area contributed by atoms with Crippen LogP contribution in [0.5, 0.6) is 0 Å². The Kier molecular flexibility index (Phi) is 4.86. The lowest BCUT2D eigenvalue weighted by Gasteiger charge is -2.25. The molecule has 144 valence electrons. The minimum Gasteiger partial charge on any atom is -0.469 e. The first-order chi connectivity index (χ1) is 12.7. The molecule has 2 aliphatic rings. The summed E-state index contributed by atoms with van der Waals surface area (Å²) in [6.07, 6.45) is 3.72. The van der Waals surface area contributed by atoms with E-state index in [4.69, 9.17) is 0 Å². The van der Waals surface area contributed by atoms with E-state index in [0.717, 1.165) is 17.0 Å². The summed E-state index contributed by atoms with van der Waals surface area (Å²) in [4.78, 5) is 37.6. The van der Waals surface area contributed by atoms with Crippen LogP contribution in [-0.4, -0.2) is 43.1 Å². The number of esters is 1. The minimum atomic E-state index is -1.29. The SMILES string of the molecule is COC(=O)[C@@H]1C=C[C@H](NC(=O)C2(C)CN(c3cc(F)cc(F)c3)C(=O)N2)C1. The Labute approximate surface area is 154 Å². The van der Waals surface area contributed by atoms with Crippen LogP contribution in [0.1, 0.15) is 13.3 Å². The van der Waals surface area contributed by atoms with E-state index < -0.39 is 35.0 Å². The summed E-state index contributed by atoms with van der Waals surface area (Å²) in [5.74, 6) is -2.92. The fourth-order valence-electron chi connectivity index (χ4n) is 3.22. The largest absolute Gasteiger partial charge is 0.469 e. The van der Waals surface area contributed by atoms with Gasteiger partial charge in [-0.05, 0) is 25.5 Å². The molecule has 3 atom stereocenters. The van der Waals surface area contributed by atoms with Crippen LogP contribution in [0, 0.1) is 17.6 Å². The van der Waals surface area contributed by atoms with Gasteiger partial charge in [0.2, 0.25) is 5.91 Å². The maximum Gasteiger partial charge on any atom is 0.322 e. The number of halogens is 2. The number of methoxy groups -OCH3 is 1. The molecule has 1 aliphatic heterocycles. The molecular formula is C18H19F2N3O4. The molecule has 3 amide bonds. The van der Waals surface area contributed by atoms with Gasteiger partial charge in [0.05, 0.1) is 25.3 Å². The highest BCUT2D eigenvalue weighted by molar-refractivity contribution is 6.02. The first-order valence-electron chi connectivity index (χ1n) is 8.35. The number of benzene rings is 1. The molecule has 0 saturated carbocycles. The fraction of sp³-hybridized carbons (Fsp3) is 0.389. The van der Waals surface area contributed by atoms with E-state index >= 15 is 0 Å². The van der Waals surface area contributed by atoms with Crippen molar-refractivity contribution in [1.82, 2.24) is 10.6 Å². The molecule has 1 aliphatic carbocycles. The summed E-state index contributed by atoms with van der Waals surface area (Å²) in [7, 11) is 1.29. The van der Waals surface area contributed by atoms with Crippen molar-refractivity contribution in [3.63, 3.8) is 0 Å². The predicted molar refractivity (Wildman–Crippen MR) is 91.8 cm³/mol. The first-order valence-corrected chi connectivity index (χ1v) is 8.35. The molecule has 1 unspecified atom stereocenters. The van der Waals surface area contributed by atoms with Crippen LogP contribution in [0.25, 0.3) is 0 Å². The third-order valence-corrected chi connectivity index (χ3v) is 4.67. The number of hydrogen-bond donors (Lipinski definition) is 2. The second-order valence-corrected chi connectivity index (χ2v) is 6.81. The van der Waals surface area contributed by atoms with Gasteiger partial charge >= 0.3 is 12.0 Å². The van der Waals surface area contributed by atoms with E-state index in [-0.39, 0.29) is 24.2 Å². The number of hydrogen-bond acceptors (Lipinski definition) is 4. The number of carbonyl (C=O) groups is 3. The van der Waals surface area contributed by atoms with Crippen LogP contribution in [0.2, 0.25) is 0 Å². The lowest BCUT2D eigenvalue weighted by Crippen LogP contribution is -2.55. The normalized spacial score (nSPS) is 26.8. The third kappa shape index (κ3) is 3.76. The molecule has 9 heteroatoms. The number of amides is 3. The lowest BCUT2D eigenvalue weighted by atomic mass is 10.0. The number of carbonyl (C=O) groups excluding carboxylic acids is 3. The van der Waals surface area contributed by atoms with Crippen LogP contribution in [0.4, 0.5) is 19.3 Å². The maximum atomic E-state index is 13.4. The molecule has 0 radical (unpaired) electrons. The second kappa shape index (κ2) is 6.98. The number of ether oxygens (including phenoxy) is 1. The van der Waals surface area contributed by atoms with Crippen molar-refractivity contribution < 1.29 is 27.9 Å². The van der Waals surface area contributed by atoms with Gasteiger partial charge in [-0.15, -0.1) is 0 Å². The summed E-state index contributed by atoms with van der Waals surface area (Å²) >= 11 is 0. The highest BCUT2D eigenvalue weighted by Crippen LogP contribution is 2.26. The molecule has 0 aromatic heterocycles. The fourth-order valence-corrected chi connectivity index (χ4v) is 3.22.